The highest BCUT2D eigenvalue weighted by Crippen LogP contribution is 2.14. The third-order valence-electron chi connectivity index (χ3n) is 2.40. The van der Waals surface area contributed by atoms with E-state index in [9.17, 15) is 8.42 Å². The van der Waals surface area contributed by atoms with Gasteiger partial charge in [-0.15, -0.1) is 6.58 Å². The minimum Gasteiger partial charge on any atom is -0.210 e. The first kappa shape index (κ1) is 15.8. The second-order valence-electron chi connectivity index (χ2n) is 3.85. The molecule has 4 nitrogen and oxygen atoms in total. The number of nitrogens with one attached hydrogen (secondary N) is 1. The molecule has 1 aromatic carbocycles. The predicted octanol–water partition coefficient (Wildman–Crippen LogP) is 2.06. The van der Waals surface area contributed by atoms with Crippen molar-refractivity contribution in [3.05, 3.63) is 42.0 Å². The lowest BCUT2D eigenvalue weighted by Crippen LogP contribution is -2.26. The zero-order valence-electron chi connectivity index (χ0n) is 10.7. The molecule has 0 aromatic heterocycles. The van der Waals surface area contributed by atoms with Gasteiger partial charge in [0, 0.05) is 18.1 Å². The summed E-state index contributed by atoms with van der Waals surface area (Å²) < 4.78 is 26.5. The molecule has 6 heteroatoms. The highest BCUT2D eigenvalue weighted by atomic mass is 32.2. The largest absolute Gasteiger partial charge is 0.240 e. The molecule has 0 aliphatic heterocycles. The van der Waals surface area contributed by atoms with E-state index in [1.807, 2.05) is 6.07 Å². The van der Waals surface area contributed by atoms with Gasteiger partial charge >= 0.3 is 0 Å². The van der Waals surface area contributed by atoms with Crippen LogP contribution in [0, 0.1) is 18.3 Å². The summed E-state index contributed by atoms with van der Waals surface area (Å²) in [6, 6.07) is 6.50. The maximum Gasteiger partial charge on any atom is 0.240 e. The molecule has 0 aliphatic carbocycles. The van der Waals surface area contributed by atoms with E-state index in [2.05, 4.69) is 11.3 Å². The zero-order chi connectivity index (χ0) is 14.3. The first-order valence-corrected chi connectivity index (χ1v) is 8.34. The fourth-order valence-electron chi connectivity index (χ4n) is 1.43. The molecule has 0 aliphatic rings. The van der Waals surface area contributed by atoms with E-state index in [4.69, 9.17) is 5.26 Å². The van der Waals surface area contributed by atoms with Crippen LogP contribution in [0.25, 0.3) is 0 Å². The number of benzene rings is 1. The molecule has 0 spiro atoms. The molecule has 0 saturated heterocycles. The molecule has 0 fully saturated rings. The van der Waals surface area contributed by atoms with Crippen molar-refractivity contribution in [2.45, 2.75) is 11.8 Å². The van der Waals surface area contributed by atoms with Gasteiger partial charge in [0.25, 0.3) is 0 Å². The summed E-state index contributed by atoms with van der Waals surface area (Å²) in [5, 5.41) is 8.81. The molecule has 0 radical (unpaired) electrons. The predicted molar refractivity (Wildman–Crippen MR) is 78.6 cm³/mol. The molecule has 0 saturated carbocycles. The Balaban J connectivity index is 2.70. The van der Waals surface area contributed by atoms with Crippen LogP contribution >= 0.6 is 11.8 Å². The van der Waals surface area contributed by atoms with E-state index in [0.717, 1.165) is 5.75 Å². The minimum absolute atomic E-state index is 0.192. The summed E-state index contributed by atoms with van der Waals surface area (Å²) in [5.41, 5.74) is 1.15. The fourth-order valence-corrected chi connectivity index (χ4v) is 3.25. The van der Waals surface area contributed by atoms with E-state index in [0.29, 0.717) is 23.4 Å². The van der Waals surface area contributed by atoms with Gasteiger partial charge in [-0.05, 0) is 30.7 Å². The molecule has 1 aromatic rings. The molecule has 0 bridgehead atoms. The third-order valence-corrected chi connectivity index (χ3v) is 4.83. The van der Waals surface area contributed by atoms with Crippen molar-refractivity contribution >= 4 is 21.8 Å². The van der Waals surface area contributed by atoms with Gasteiger partial charge in [-0.3, -0.25) is 0 Å². The zero-order valence-corrected chi connectivity index (χ0v) is 12.4. The quantitative estimate of drug-likeness (QED) is 0.617. The first-order chi connectivity index (χ1) is 9.01. The second kappa shape index (κ2) is 7.34. The Kier molecular flexibility index (Phi) is 6.09. The number of hydrogen-bond acceptors (Lipinski definition) is 4. The second-order valence-corrected chi connectivity index (χ2v) is 6.77. The number of hydrogen-bond donors (Lipinski definition) is 1. The summed E-state index contributed by atoms with van der Waals surface area (Å²) in [6.45, 7) is 5.69. The topological polar surface area (TPSA) is 70.0 Å². The van der Waals surface area contributed by atoms with Crippen molar-refractivity contribution < 1.29 is 8.42 Å². The van der Waals surface area contributed by atoms with Gasteiger partial charge in [0.15, 0.2) is 0 Å². The standard InChI is InChI=1S/C13H16N2O2S2/c1-3-7-18-8-6-15-19(16,17)13-5-4-12(10-14)11(2)9-13/h3-5,9,15H,1,6-8H2,2H3. The molecule has 0 amide bonds. The summed E-state index contributed by atoms with van der Waals surface area (Å²) in [5.74, 6) is 1.50. The van der Waals surface area contributed by atoms with Crippen LogP contribution in [0.15, 0.2) is 35.7 Å². The van der Waals surface area contributed by atoms with E-state index in [-0.39, 0.29) is 4.90 Å². The number of nitriles is 1. The van der Waals surface area contributed by atoms with Gasteiger partial charge in [0.2, 0.25) is 10.0 Å². The maximum absolute atomic E-state index is 12.0. The lowest BCUT2D eigenvalue weighted by Gasteiger charge is -2.07. The lowest BCUT2D eigenvalue weighted by molar-refractivity contribution is 0.584. The Hall–Kier alpha value is -1.29. The van der Waals surface area contributed by atoms with Crippen LogP contribution in [0.2, 0.25) is 0 Å². The molecule has 0 unspecified atom stereocenters. The van der Waals surface area contributed by atoms with Crippen molar-refractivity contribution in [2.75, 3.05) is 18.1 Å². The molecular weight excluding hydrogens is 280 g/mol. The van der Waals surface area contributed by atoms with Gasteiger partial charge < -0.3 is 0 Å². The van der Waals surface area contributed by atoms with Gasteiger partial charge in [0.05, 0.1) is 16.5 Å². The Bertz CT molecular complexity index is 589. The van der Waals surface area contributed by atoms with Crippen molar-refractivity contribution in [1.29, 1.82) is 5.26 Å². The van der Waals surface area contributed by atoms with E-state index in [1.54, 1.807) is 24.8 Å². The molecular formula is C13H16N2O2S2. The Labute approximate surface area is 118 Å². The Morgan fingerprint density at radius 3 is 2.84 bits per heavy atom. The number of rotatable bonds is 7. The van der Waals surface area contributed by atoms with Crippen LogP contribution in [-0.4, -0.2) is 26.5 Å². The van der Waals surface area contributed by atoms with Crippen molar-refractivity contribution in [3.63, 3.8) is 0 Å². The summed E-state index contributed by atoms with van der Waals surface area (Å²) in [7, 11) is -3.49. The Morgan fingerprint density at radius 1 is 1.53 bits per heavy atom. The lowest BCUT2D eigenvalue weighted by atomic mass is 10.1. The molecule has 1 N–H and O–H groups in total. The van der Waals surface area contributed by atoms with Gasteiger partial charge in [0.1, 0.15) is 0 Å². The molecule has 0 heterocycles. The average molecular weight is 296 g/mol. The Morgan fingerprint density at radius 2 is 2.26 bits per heavy atom. The van der Waals surface area contributed by atoms with Crippen molar-refractivity contribution in [3.8, 4) is 6.07 Å². The van der Waals surface area contributed by atoms with Crippen LogP contribution in [0.4, 0.5) is 0 Å². The maximum atomic E-state index is 12.0. The number of aryl methyl sites for hydroxylation is 1. The molecule has 0 atom stereocenters. The van der Waals surface area contributed by atoms with Crippen LogP contribution in [-0.2, 0) is 10.0 Å². The van der Waals surface area contributed by atoms with E-state index in [1.165, 1.54) is 18.2 Å². The summed E-state index contributed by atoms with van der Waals surface area (Å²) in [4.78, 5) is 0.192. The van der Waals surface area contributed by atoms with Crippen LogP contribution < -0.4 is 4.72 Å². The fraction of sp³-hybridized carbons (Fsp3) is 0.308. The summed E-state index contributed by atoms with van der Waals surface area (Å²) >= 11 is 1.61. The van der Waals surface area contributed by atoms with Crippen molar-refractivity contribution in [2.24, 2.45) is 0 Å². The van der Waals surface area contributed by atoms with E-state index >= 15 is 0 Å². The van der Waals surface area contributed by atoms with Gasteiger partial charge in [-0.25, -0.2) is 13.1 Å². The monoisotopic (exact) mass is 296 g/mol. The number of nitrogens with zero attached hydrogens (tertiary/aromatic N) is 1. The minimum atomic E-state index is -3.49. The van der Waals surface area contributed by atoms with Gasteiger partial charge in [-0.1, -0.05) is 6.08 Å². The smallest absolute Gasteiger partial charge is 0.210 e. The molecule has 102 valence electrons. The number of sulfonamides is 1. The highest BCUT2D eigenvalue weighted by molar-refractivity contribution is 7.99. The third kappa shape index (κ3) is 4.71. The molecule has 19 heavy (non-hydrogen) atoms. The first-order valence-electron chi connectivity index (χ1n) is 5.70. The highest BCUT2D eigenvalue weighted by Gasteiger charge is 2.14. The number of thioether (sulfide) groups is 1. The van der Waals surface area contributed by atoms with Crippen LogP contribution in [0.5, 0.6) is 0 Å². The van der Waals surface area contributed by atoms with E-state index < -0.39 is 10.0 Å². The SMILES string of the molecule is C=CCSCCNS(=O)(=O)c1ccc(C#N)c(C)c1. The van der Waals surface area contributed by atoms with Gasteiger partial charge in [-0.2, -0.15) is 17.0 Å². The average Bonchev–Trinajstić information content (AvgIpc) is 2.38. The van der Waals surface area contributed by atoms with Crippen molar-refractivity contribution in [1.82, 2.24) is 4.72 Å². The normalized spacial score (nSPS) is 10.9. The molecule has 1 rings (SSSR count). The summed E-state index contributed by atoms with van der Waals surface area (Å²) in [6.07, 6.45) is 1.78. The van der Waals surface area contributed by atoms with Crippen LogP contribution in [0.1, 0.15) is 11.1 Å². The van der Waals surface area contributed by atoms with Crippen LogP contribution in [0.3, 0.4) is 0 Å².